The molecule has 0 bridgehead atoms. The van der Waals surface area contributed by atoms with E-state index in [1.165, 1.54) is 0 Å². The van der Waals surface area contributed by atoms with E-state index in [1.54, 1.807) is 28.3 Å². The lowest BCUT2D eigenvalue weighted by atomic mass is 10.2. The van der Waals surface area contributed by atoms with Gasteiger partial charge in [0.1, 0.15) is 0 Å². The molecule has 0 aliphatic carbocycles. The van der Waals surface area contributed by atoms with Crippen LogP contribution in [0.4, 0.5) is 0 Å². The second kappa shape index (κ2) is 9.40. The number of rotatable bonds is 11. The third kappa shape index (κ3) is 6.41. The van der Waals surface area contributed by atoms with Crippen LogP contribution in [0.5, 0.6) is 0 Å². The highest BCUT2D eigenvalue weighted by Gasteiger charge is 2.36. The number of allylic oxidation sites excluding steroid dienone is 1. The predicted molar refractivity (Wildman–Crippen MR) is 71.5 cm³/mol. The highest BCUT2D eigenvalue weighted by Crippen LogP contribution is 2.14. The average molecular weight is 276 g/mol. The Hall–Kier alpha value is -0.533. The van der Waals surface area contributed by atoms with Crippen molar-refractivity contribution in [3.8, 4) is 0 Å². The number of carbonyl (C=O) groups excluding carboxylic acids is 1. The van der Waals surface area contributed by atoms with E-state index in [4.69, 9.17) is 18.0 Å². The summed E-state index contributed by atoms with van der Waals surface area (Å²) in [4.78, 5) is 11.2. The minimum Gasteiger partial charge on any atom is -0.381 e. The molecule has 0 radical (unpaired) electrons. The molecule has 0 unspecified atom stereocenters. The number of hydrogen-bond acceptors (Lipinski definition) is 5. The quantitative estimate of drug-likeness (QED) is 0.327. The van der Waals surface area contributed by atoms with Crippen LogP contribution < -0.4 is 0 Å². The van der Waals surface area contributed by atoms with Gasteiger partial charge in [-0.2, -0.15) is 0 Å². The maximum atomic E-state index is 11.2. The molecule has 0 saturated heterocycles. The van der Waals surface area contributed by atoms with Crippen molar-refractivity contribution >= 4 is 14.6 Å². The third-order valence-corrected chi connectivity index (χ3v) is 5.49. The summed E-state index contributed by atoms with van der Waals surface area (Å²) in [7, 11) is 2.29. The molecule has 0 heterocycles. The van der Waals surface area contributed by atoms with E-state index in [2.05, 4.69) is 6.58 Å². The molecular weight excluding hydrogens is 252 g/mol. The fourth-order valence-electron chi connectivity index (χ4n) is 1.43. The largest absolute Gasteiger partial charge is 0.500 e. The van der Waals surface area contributed by atoms with Crippen LogP contribution in [0.2, 0.25) is 6.04 Å². The normalized spacial score (nSPS) is 11.6. The Kier molecular flexibility index (Phi) is 9.13. The van der Waals surface area contributed by atoms with E-state index in [0.717, 1.165) is 6.42 Å². The van der Waals surface area contributed by atoms with Gasteiger partial charge in [-0.25, -0.2) is 0 Å². The second-order valence-electron chi connectivity index (χ2n) is 3.96. The Balaban J connectivity index is 3.67. The fraction of sp³-hybridized carbons (Fsp3) is 0.750. The Morgan fingerprint density at radius 3 is 2.11 bits per heavy atom. The van der Waals surface area contributed by atoms with E-state index < -0.39 is 8.80 Å². The van der Waals surface area contributed by atoms with E-state index in [1.807, 2.05) is 0 Å². The van der Waals surface area contributed by atoms with Crippen molar-refractivity contribution in [1.29, 1.82) is 0 Å². The molecule has 0 saturated carbocycles. The van der Waals surface area contributed by atoms with Gasteiger partial charge in [-0.05, 0) is 18.9 Å². The Morgan fingerprint density at radius 2 is 1.67 bits per heavy atom. The first-order chi connectivity index (χ1) is 8.51. The van der Waals surface area contributed by atoms with Crippen LogP contribution in [-0.4, -0.2) is 49.1 Å². The maximum Gasteiger partial charge on any atom is 0.500 e. The highest BCUT2D eigenvalue weighted by molar-refractivity contribution is 6.60. The summed E-state index contributed by atoms with van der Waals surface area (Å²) in [5.74, 6) is 0.0457. The molecule has 0 rings (SSSR count). The molecule has 0 aromatic carbocycles. The molecule has 0 amide bonds. The zero-order chi connectivity index (χ0) is 14.0. The topological polar surface area (TPSA) is 54.0 Å². The van der Waals surface area contributed by atoms with Gasteiger partial charge in [0.25, 0.3) is 0 Å². The summed E-state index contributed by atoms with van der Waals surface area (Å²) in [6.45, 7) is 6.28. The van der Waals surface area contributed by atoms with Crippen molar-refractivity contribution < 1.29 is 22.8 Å². The summed E-state index contributed by atoms with van der Waals surface area (Å²) in [5.41, 5.74) is 0.572. The first-order valence-corrected chi connectivity index (χ1v) is 7.86. The zero-order valence-electron chi connectivity index (χ0n) is 11.8. The van der Waals surface area contributed by atoms with Gasteiger partial charge in [-0.1, -0.05) is 6.58 Å². The minimum absolute atomic E-state index is 0.0457. The zero-order valence-corrected chi connectivity index (χ0v) is 12.8. The molecule has 0 atom stereocenters. The minimum atomic E-state index is -2.48. The van der Waals surface area contributed by atoms with Gasteiger partial charge in [0.05, 0.1) is 6.61 Å². The molecular formula is C12H24O5Si. The predicted octanol–water partition coefficient (Wildman–Crippen LogP) is 1.81. The standard InChI is InChI=1S/C12H24O5Si/c1-11(2)12(13)7-9-17-8-6-10-18(14-3,15-4)16-5/h1,6-10H2,2-5H3. The van der Waals surface area contributed by atoms with Crippen LogP contribution in [0.25, 0.3) is 0 Å². The van der Waals surface area contributed by atoms with Crippen molar-refractivity contribution in [2.75, 3.05) is 34.5 Å². The number of ketones is 1. The maximum absolute atomic E-state index is 11.2. The van der Waals surface area contributed by atoms with Crippen LogP contribution in [0, 0.1) is 0 Å². The van der Waals surface area contributed by atoms with Gasteiger partial charge < -0.3 is 18.0 Å². The van der Waals surface area contributed by atoms with Crippen molar-refractivity contribution in [1.82, 2.24) is 0 Å². The summed E-state index contributed by atoms with van der Waals surface area (Å²) in [6.07, 6.45) is 1.17. The van der Waals surface area contributed by atoms with Crippen LogP contribution >= 0.6 is 0 Å². The number of hydrogen-bond donors (Lipinski definition) is 0. The monoisotopic (exact) mass is 276 g/mol. The second-order valence-corrected chi connectivity index (χ2v) is 7.06. The summed E-state index contributed by atoms with van der Waals surface area (Å²) < 4.78 is 21.2. The van der Waals surface area contributed by atoms with Gasteiger partial charge in [-0.3, -0.25) is 4.79 Å². The summed E-state index contributed by atoms with van der Waals surface area (Å²) >= 11 is 0. The van der Waals surface area contributed by atoms with Gasteiger partial charge in [0, 0.05) is 40.4 Å². The first kappa shape index (κ1) is 17.5. The molecule has 0 N–H and O–H groups in total. The van der Waals surface area contributed by atoms with Crippen molar-refractivity contribution in [2.45, 2.75) is 25.8 Å². The number of carbonyl (C=O) groups is 1. The third-order valence-electron chi connectivity index (χ3n) is 2.65. The molecule has 6 heteroatoms. The lowest BCUT2D eigenvalue weighted by molar-refractivity contribution is -0.116. The molecule has 0 fully saturated rings. The van der Waals surface area contributed by atoms with Crippen LogP contribution in [0.15, 0.2) is 12.2 Å². The number of ether oxygens (including phenoxy) is 1. The van der Waals surface area contributed by atoms with Gasteiger partial charge in [0.2, 0.25) is 0 Å². The molecule has 0 spiro atoms. The SMILES string of the molecule is C=C(C)C(=O)CCOCCC[Si](OC)(OC)OC. The number of Topliss-reactive ketones (excluding diaryl/α,β-unsaturated/α-hetero) is 1. The van der Waals surface area contributed by atoms with E-state index in [9.17, 15) is 4.79 Å². The molecule has 0 aliphatic heterocycles. The molecule has 5 nitrogen and oxygen atoms in total. The lowest BCUT2D eigenvalue weighted by Crippen LogP contribution is -2.42. The van der Waals surface area contributed by atoms with Gasteiger partial charge in [0.15, 0.2) is 5.78 Å². The van der Waals surface area contributed by atoms with E-state index >= 15 is 0 Å². The molecule has 0 aromatic rings. The molecule has 0 aromatic heterocycles. The average Bonchev–Trinajstić information content (AvgIpc) is 2.38. The smallest absolute Gasteiger partial charge is 0.381 e. The van der Waals surface area contributed by atoms with E-state index in [-0.39, 0.29) is 5.78 Å². The van der Waals surface area contributed by atoms with Crippen molar-refractivity contribution in [2.24, 2.45) is 0 Å². The molecule has 106 valence electrons. The molecule has 0 aliphatic rings. The first-order valence-electron chi connectivity index (χ1n) is 5.93. The molecule has 18 heavy (non-hydrogen) atoms. The summed E-state index contributed by atoms with van der Waals surface area (Å²) in [5, 5.41) is 0. The Bertz CT molecular complexity index is 255. The van der Waals surface area contributed by atoms with E-state index in [0.29, 0.717) is 31.3 Å². The Labute approximate surface area is 110 Å². The fourth-order valence-corrected chi connectivity index (χ4v) is 3.12. The highest BCUT2D eigenvalue weighted by atomic mass is 28.4. The van der Waals surface area contributed by atoms with Crippen molar-refractivity contribution in [3.05, 3.63) is 12.2 Å². The summed E-state index contributed by atoms with van der Waals surface area (Å²) in [6, 6.07) is 0.699. The van der Waals surface area contributed by atoms with Crippen molar-refractivity contribution in [3.63, 3.8) is 0 Å². The van der Waals surface area contributed by atoms with Gasteiger partial charge >= 0.3 is 8.80 Å². The van der Waals surface area contributed by atoms with Gasteiger partial charge in [-0.15, -0.1) is 0 Å². The van der Waals surface area contributed by atoms with Crippen LogP contribution in [-0.2, 0) is 22.8 Å². The lowest BCUT2D eigenvalue weighted by Gasteiger charge is -2.24. The van der Waals surface area contributed by atoms with Crippen LogP contribution in [0.3, 0.4) is 0 Å². The Morgan fingerprint density at radius 1 is 1.11 bits per heavy atom. The van der Waals surface area contributed by atoms with Crippen LogP contribution in [0.1, 0.15) is 19.8 Å².